The van der Waals surface area contributed by atoms with E-state index in [1.54, 1.807) is 24.3 Å². The Morgan fingerprint density at radius 3 is 2.54 bits per heavy atom. The fourth-order valence-corrected chi connectivity index (χ4v) is 4.27. The zero-order chi connectivity index (χ0) is 19.8. The molecule has 2 aromatic carbocycles. The monoisotopic (exact) mass is 399 g/mol. The first kappa shape index (κ1) is 18.6. The van der Waals surface area contributed by atoms with Crippen LogP contribution in [0.4, 0.5) is 8.78 Å². The van der Waals surface area contributed by atoms with Gasteiger partial charge in [0.2, 0.25) is 0 Å². The smallest absolute Gasteiger partial charge is 0.274 e. The number of alkyl halides is 2. The first-order valence-electron chi connectivity index (χ1n) is 8.86. The average Bonchev–Trinajstić information content (AvgIpc) is 3.22. The molecule has 0 N–H and O–H groups in total. The summed E-state index contributed by atoms with van der Waals surface area (Å²) in [4.78, 5) is 4.46. The third kappa shape index (κ3) is 3.28. The van der Waals surface area contributed by atoms with Gasteiger partial charge in [-0.1, -0.05) is 36.0 Å². The Bertz CT molecular complexity index is 1130. The molecular weight excluding hydrogens is 380 g/mol. The van der Waals surface area contributed by atoms with Gasteiger partial charge >= 0.3 is 6.55 Å². The van der Waals surface area contributed by atoms with E-state index in [0.717, 1.165) is 21.6 Å². The molecule has 4 aromatic rings. The van der Waals surface area contributed by atoms with Gasteiger partial charge in [0.15, 0.2) is 5.16 Å². The van der Waals surface area contributed by atoms with Crippen LogP contribution in [-0.2, 0) is 0 Å². The van der Waals surface area contributed by atoms with E-state index in [9.17, 15) is 8.78 Å². The molecule has 0 fully saturated rings. The lowest BCUT2D eigenvalue weighted by Crippen LogP contribution is -2.07. The Morgan fingerprint density at radius 1 is 1.00 bits per heavy atom. The predicted octanol–water partition coefficient (Wildman–Crippen LogP) is 5.48. The van der Waals surface area contributed by atoms with Crippen LogP contribution < -0.4 is 0 Å². The average molecular weight is 399 g/mol. The number of fused-ring (bicyclic) bond motifs is 1. The molecule has 0 saturated carbocycles. The summed E-state index contributed by atoms with van der Waals surface area (Å²) < 4.78 is 30.5. The van der Waals surface area contributed by atoms with Crippen molar-refractivity contribution in [3.63, 3.8) is 0 Å². The summed E-state index contributed by atoms with van der Waals surface area (Å²) in [6, 6.07) is 14.9. The lowest BCUT2D eigenvalue weighted by molar-refractivity contribution is 0.0715. The number of aryl methyl sites for hydroxylation is 2. The van der Waals surface area contributed by atoms with Crippen LogP contribution in [0.1, 0.15) is 35.9 Å². The van der Waals surface area contributed by atoms with Crippen LogP contribution in [-0.4, -0.2) is 24.3 Å². The van der Waals surface area contributed by atoms with Gasteiger partial charge in [-0.25, -0.2) is 4.98 Å². The minimum Gasteiger partial charge on any atom is -0.274 e. The van der Waals surface area contributed by atoms with E-state index < -0.39 is 6.55 Å². The van der Waals surface area contributed by atoms with Gasteiger partial charge in [-0.05, 0) is 50.6 Å². The molecule has 28 heavy (non-hydrogen) atoms. The SMILES string of the molecule is Cc1cccc(-n2c(C)nnc2S[C@@H](C)c2nc3ccccc3n2C(F)F)c1. The van der Waals surface area contributed by atoms with Crippen LogP contribution in [0, 0.1) is 13.8 Å². The van der Waals surface area contributed by atoms with Crippen molar-refractivity contribution in [3.8, 4) is 5.69 Å². The van der Waals surface area contributed by atoms with E-state index in [-0.39, 0.29) is 5.25 Å². The highest BCUT2D eigenvalue weighted by atomic mass is 32.2. The number of halogens is 2. The van der Waals surface area contributed by atoms with Gasteiger partial charge in [0, 0.05) is 5.69 Å². The fraction of sp³-hybridized carbons (Fsp3) is 0.250. The largest absolute Gasteiger partial charge is 0.320 e. The second-order valence-electron chi connectivity index (χ2n) is 6.57. The normalized spacial score (nSPS) is 12.8. The molecule has 2 heterocycles. The van der Waals surface area contributed by atoms with Crippen LogP contribution in [0.3, 0.4) is 0 Å². The molecule has 144 valence electrons. The van der Waals surface area contributed by atoms with Crippen LogP contribution >= 0.6 is 11.8 Å². The Hall–Kier alpha value is -2.74. The zero-order valence-electron chi connectivity index (χ0n) is 15.7. The Labute approximate surface area is 165 Å². The molecule has 0 saturated heterocycles. The zero-order valence-corrected chi connectivity index (χ0v) is 16.5. The predicted molar refractivity (Wildman–Crippen MR) is 106 cm³/mol. The number of hydrogen-bond donors (Lipinski definition) is 0. The number of imidazole rings is 1. The fourth-order valence-electron chi connectivity index (χ4n) is 3.25. The molecule has 4 rings (SSSR count). The summed E-state index contributed by atoms with van der Waals surface area (Å²) in [5, 5.41) is 8.76. The number of para-hydroxylation sites is 2. The molecule has 5 nitrogen and oxygen atoms in total. The van der Waals surface area contributed by atoms with E-state index in [0.29, 0.717) is 22.0 Å². The van der Waals surface area contributed by atoms with Crippen molar-refractivity contribution < 1.29 is 8.78 Å². The highest BCUT2D eigenvalue weighted by Crippen LogP contribution is 2.37. The Balaban J connectivity index is 1.74. The van der Waals surface area contributed by atoms with E-state index >= 15 is 0 Å². The summed E-state index contributed by atoms with van der Waals surface area (Å²) in [6.45, 7) is 3.08. The highest BCUT2D eigenvalue weighted by molar-refractivity contribution is 7.99. The molecule has 0 amide bonds. The number of nitrogens with zero attached hydrogens (tertiary/aromatic N) is 5. The van der Waals surface area contributed by atoms with Gasteiger partial charge in [0.1, 0.15) is 11.6 Å². The third-order valence-corrected chi connectivity index (χ3v) is 5.56. The Kier molecular flexibility index (Phi) is 4.89. The van der Waals surface area contributed by atoms with E-state index in [1.165, 1.54) is 11.8 Å². The van der Waals surface area contributed by atoms with Crippen LogP contribution in [0.15, 0.2) is 53.7 Å². The second kappa shape index (κ2) is 7.35. The van der Waals surface area contributed by atoms with Crippen molar-refractivity contribution in [3.05, 3.63) is 65.7 Å². The number of benzene rings is 2. The third-order valence-electron chi connectivity index (χ3n) is 4.52. The lowest BCUT2D eigenvalue weighted by Gasteiger charge is -2.15. The van der Waals surface area contributed by atoms with Crippen molar-refractivity contribution in [1.29, 1.82) is 0 Å². The van der Waals surface area contributed by atoms with Crippen LogP contribution in [0.25, 0.3) is 16.7 Å². The molecule has 0 aliphatic heterocycles. The first-order chi connectivity index (χ1) is 13.5. The highest BCUT2D eigenvalue weighted by Gasteiger charge is 2.24. The van der Waals surface area contributed by atoms with Crippen molar-refractivity contribution in [2.24, 2.45) is 0 Å². The number of thioether (sulfide) groups is 1. The summed E-state index contributed by atoms with van der Waals surface area (Å²) in [5.41, 5.74) is 3.05. The van der Waals surface area contributed by atoms with Crippen molar-refractivity contribution >= 4 is 22.8 Å². The van der Waals surface area contributed by atoms with Crippen molar-refractivity contribution in [2.45, 2.75) is 37.7 Å². The molecule has 0 radical (unpaired) electrons. The summed E-state index contributed by atoms with van der Waals surface area (Å²) >= 11 is 1.36. The molecule has 0 unspecified atom stereocenters. The second-order valence-corrected chi connectivity index (χ2v) is 7.88. The van der Waals surface area contributed by atoms with Gasteiger partial charge in [0.25, 0.3) is 0 Å². The number of aromatic nitrogens is 5. The number of hydrogen-bond acceptors (Lipinski definition) is 4. The molecule has 0 aliphatic rings. The quantitative estimate of drug-likeness (QED) is 0.417. The van der Waals surface area contributed by atoms with Crippen LogP contribution in [0.5, 0.6) is 0 Å². The molecule has 1 atom stereocenters. The van der Waals surface area contributed by atoms with Gasteiger partial charge in [-0.15, -0.1) is 10.2 Å². The molecule has 0 aliphatic carbocycles. The maximum absolute atomic E-state index is 13.8. The summed E-state index contributed by atoms with van der Waals surface area (Å²) in [5.74, 6) is 1.06. The van der Waals surface area contributed by atoms with Crippen molar-refractivity contribution in [1.82, 2.24) is 24.3 Å². The van der Waals surface area contributed by atoms with Crippen LogP contribution in [0.2, 0.25) is 0 Å². The molecular formula is C20H19F2N5S. The maximum atomic E-state index is 13.8. The summed E-state index contributed by atoms with van der Waals surface area (Å²) in [7, 11) is 0. The first-order valence-corrected chi connectivity index (χ1v) is 9.74. The minimum atomic E-state index is -2.66. The minimum absolute atomic E-state index is 0.317. The van der Waals surface area contributed by atoms with E-state index in [4.69, 9.17) is 0 Å². The van der Waals surface area contributed by atoms with Crippen molar-refractivity contribution in [2.75, 3.05) is 0 Å². The van der Waals surface area contributed by atoms with Gasteiger partial charge < -0.3 is 0 Å². The maximum Gasteiger partial charge on any atom is 0.320 e. The van der Waals surface area contributed by atoms with E-state index in [1.807, 2.05) is 49.6 Å². The Morgan fingerprint density at radius 2 is 1.79 bits per heavy atom. The topological polar surface area (TPSA) is 48.5 Å². The lowest BCUT2D eigenvalue weighted by atomic mass is 10.2. The number of rotatable bonds is 5. The van der Waals surface area contributed by atoms with Gasteiger partial charge in [-0.3, -0.25) is 9.13 Å². The van der Waals surface area contributed by atoms with E-state index in [2.05, 4.69) is 15.2 Å². The van der Waals surface area contributed by atoms with Gasteiger partial charge in [-0.2, -0.15) is 8.78 Å². The molecule has 0 spiro atoms. The molecule has 8 heteroatoms. The standard InChI is InChI=1S/C20H19F2N5S/c1-12-7-6-8-15(11-12)26-14(3)24-25-20(26)28-13(2)18-23-16-9-4-5-10-17(16)27(18)19(21)22/h4-11,13,19H,1-3H3/t13-/m0/s1. The molecule has 0 bridgehead atoms. The van der Waals surface area contributed by atoms with Gasteiger partial charge in [0.05, 0.1) is 16.3 Å². The molecule has 2 aromatic heterocycles. The summed E-state index contributed by atoms with van der Waals surface area (Å²) in [6.07, 6.45) is 0.